The van der Waals surface area contributed by atoms with Crippen LogP contribution < -0.4 is 20.4 Å². The number of anilines is 2. The van der Waals surface area contributed by atoms with Crippen LogP contribution in [0.15, 0.2) is 85.1 Å². The van der Waals surface area contributed by atoms with Gasteiger partial charge in [0.25, 0.3) is 17.7 Å². The summed E-state index contributed by atoms with van der Waals surface area (Å²) in [4.78, 5) is 73.1. The number of amides is 5. The molecule has 2 unspecified atom stereocenters. The van der Waals surface area contributed by atoms with Crippen LogP contribution >= 0.6 is 11.6 Å². The Balaban J connectivity index is 1.29. The number of aromatic nitrogens is 1. The molecule has 240 valence electrons. The number of para-hydroxylation sites is 2. The Hall–Kier alpha value is -5.37. The Morgan fingerprint density at radius 2 is 1.68 bits per heavy atom. The van der Waals surface area contributed by atoms with E-state index in [1.807, 2.05) is 0 Å². The first-order valence-corrected chi connectivity index (χ1v) is 15.0. The molecule has 0 aliphatic carbocycles. The van der Waals surface area contributed by atoms with Gasteiger partial charge < -0.3 is 30.1 Å². The number of pyridine rings is 1. The standard InChI is InChI=1S/C33H28ClN5O8/c34-21-11-9-19(10-12-21)18-46-32-23(15-28(42)47-32)37-33(45)39-26-8-4-3-7-25(26)38(27(41)17-40)16-24(31(39)44)36-30(43)29-22-6-2-1-5-20(22)13-14-35-29/h1-14,23-24,32,40H,15-18H2,(H,36,43)(H,37,45)/t23?,24-,32?/m0/s1. The maximum Gasteiger partial charge on any atom is 0.329 e. The Labute approximate surface area is 273 Å². The molecule has 13 nitrogen and oxygen atoms in total. The van der Waals surface area contributed by atoms with E-state index in [0.717, 1.165) is 20.7 Å². The first-order valence-electron chi connectivity index (χ1n) is 14.6. The summed E-state index contributed by atoms with van der Waals surface area (Å²) in [5, 5.41) is 16.9. The normalized spacial score (nSPS) is 19.1. The number of carbonyl (C=O) groups is 5. The smallest absolute Gasteiger partial charge is 0.329 e. The van der Waals surface area contributed by atoms with Crippen molar-refractivity contribution < 1.29 is 38.6 Å². The Morgan fingerprint density at radius 1 is 0.957 bits per heavy atom. The molecule has 2 aliphatic heterocycles. The highest BCUT2D eigenvalue weighted by molar-refractivity contribution is 6.30. The van der Waals surface area contributed by atoms with Crippen molar-refractivity contribution in [3.8, 4) is 0 Å². The molecule has 1 fully saturated rings. The van der Waals surface area contributed by atoms with Crippen molar-refractivity contribution in [2.45, 2.75) is 31.4 Å². The fraction of sp³-hybridized carbons (Fsp3) is 0.212. The molecular formula is C33H28ClN5O8. The van der Waals surface area contributed by atoms with Crippen LogP contribution in [0.4, 0.5) is 16.2 Å². The van der Waals surface area contributed by atoms with Gasteiger partial charge in [0.2, 0.25) is 6.29 Å². The predicted molar refractivity (Wildman–Crippen MR) is 169 cm³/mol. The SMILES string of the molecule is O=C1CC(NC(=O)N2C(=O)[C@@H](NC(=O)c3nccc4ccccc34)CN(C(=O)CO)c3ccccc32)C(OCc2ccc(Cl)cc2)O1. The first-order chi connectivity index (χ1) is 22.7. The fourth-order valence-electron chi connectivity index (χ4n) is 5.47. The van der Waals surface area contributed by atoms with Crippen molar-refractivity contribution >= 4 is 63.5 Å². The van der Waals surface area contributed by atoms with Crippen LogP contribution in [0, 0.1) is 0 Å². The molecule has 0 saturated carbocycles. The zero-order chi connectivity index (χ0) is 33.1. The molecule has 5 amide bonds. The number of fused-ring (bicyclic) bond motifs is 2. The van der Waals surface area contributed by atoms with Crippen LogP contribution in [0.25, 0.3) is 10.8 Å². The third kappa shape index (κ3) is 6.63. The lowest BCUT2D eigenvalue weighted by Gasteiger charge is -2.26. The van der Waals surface area contributed by atoms with Crippen molar-refractivity contribution in [2.24, 2.45) is 0 Å². The second-order valence-corrected chi connectivity index (χ2v) is 11.2. The maximum atomic E-state index is 14.2. The van der Waals surface area contributed by atoms with E-state index in [9.17, 15) is 29.1 Å². The van der Waals surface area contributed by atoms with E-state index in [2.05, 4.69) is 15.6 Å². The van der Waals surface area contributed by atoms with E-state index in [4.69, 9.17) is 21.1 Å². The number of urea groups is 1. The van der Waals surface area contributed by atoms with Crippen LogP contribution in [0.5, 0.6) is 0 Å². The number of aliphatic hydroxyl groups excluding tert-OH is 1. The Bertz CT molecular complexity index is 1860. The van der Waals surface area contributed by atoms with Crippen LogP contribution in [0.3, 0.4) is 0 Å². The topological polar surface area (TPSA) is 167 Å². The predicted octanol–water partition coefficient (Wildman–Crippen LogP) is 2.93. The monoisotopic (exact) mass is 657 g/mol. The number of cyclic esters (lactones) is 1. The third-order valence-corrected chi connectivity index (χ3v) is 7.98. The maximum absolute atomic E-state index is 14.2. The van der Waals surface area contributed by atoms with Gasteiger partial charge in [-0.15, -0.1) is 0 Å². The van der Waals surface area contributed by atoms with E-state index in [1.165, 1.54) is 18.3 Å². The van der Waals surface area contributed by atoms with Crippen LogP contribution in [-0.4, -0.2) is 71.3 Å². The van der Waals surface area contributed by atoms with E-state index in [-0.39, 0.29) is 30.1 Å². The van der Waals surface area contributed by atoms with Gasteiger partial charge in [0.15, 0.2) is 0 Å². The van der Waals surface area contributed by atoms with Crippen molar-refractivity contribution in [2.75, 3.05) is 23.0 Å². The molecule has 3 atom stereocenters. The van der Waals surface area contributed by atoms with Gasteiger partial charge in [-0.25, -0.2) is 9.69 Å². The van der Waals surface area contributed by atoms with Gasteiger partial charge in [0, 0.05) is 16.6 Å². The molecule has 3 heterocycles. The van der Waals surface area contributed by atoms with Gasteiger partial charge in [0.05, 0.1) is 30.9 Å². The molecule has 47 heavy (non-hydrogen) atoms. The molecule has 14 heteroatoms. The number of halogens is 1. The number of hydrogen-bond acceptors (Lipinski definition) is 9. The number of ether oxygens (including phenoxy) is 2. The van der Waals surface area contributed by atoms with Gasteiger partial charge in [0.1, 0.15) is 24.4 Å². The quantitative estimate of drug-likeness (QED) is 0.253. The summed E-state index contributed by atoms with van der Waals surface area (Å²) in [5.74, 6) is -2.97. The minimum Gasteiger partial charge on any atom is -0.433 e. The highest BCUT2D eigenvalue weighted by Crippen LogP contribution is 2.33. The Morgan fingerprint density at radius 3 is 2.45 bits per heavy atom. The average Bonchev–Trinajstić information content (AvgIpc) is 3.37. The minimum absolute atomic E-state index is 0.0145. The molecule has 4 aromatic rings. The average molecular weight is 658 g/mol. The lowest BCUT2D eigenvalue weighted by Crippen LogP contribution is -2.57. The number of aliphatic hydroxyl groups is 1. The van der Waals surface area contributed by atoms with Gasteiger partial charge in [-0.05, 0) is 41.3 Å². The van der Waals surface area contributed by atoms with Crippen molar-refractivity contribution in [3.05, 3.63) is 101 Å². The highest BCUT2D eigenvalue weighted by atomic mass is 35.5. The first kappa shape index (κ1) is 31.6. The summed E-state index contributed by atoms with van der Waals surface area (Å²) >= 11 is 5.95. The summed E-state index contributed by atoms with van der Waals surface area (Å²) < 4.78 is 11.1. The zero-order valence-electron chi connectivity index (χ0n) is 24.7. The lowest BCUT2D eigenvalue weighted by atomic mass is 10.1. The minimum atomic E-state index is -1.45. The molecule has 1 saturated heterocycles. The van der Waals surface area contributed by atoms with Gasteiger partial charge in [-0.2, -0.15) is 0 Å². The number of carbonyl (C=O) groups excluding carboxylic acids is 5. The Kier molecular flexibility index (Phi) is 9.11. The number of hydrogen-bond donors (Lipinski definition) is 3. The molecular weight excluding hydrogens is 630 g/mol. The van der Waals surface area contributed by atoms with Crippen LogP contribution in [0.2, 0.25) is 5.02 Å². The van der Waals surface area contributed by atoms with E-state index >= 15 is 0 Å². The van der Waals surface area contributed by atoms with Crippen LogP contribution in [0.1, 0.15) is 22.5 Å². The highest BCUT2D eigenvalue weighted by Gasteiger charge is 2.43. The molecule has 2 aliphatic rings. The molecule has 3 N–H and O–H groups in total. The molecule has 0 bridgehead atoms. The number of imide groups is 1. The number of rotatable bonds is 7. The lowest BCUT2D eigenvalue weighted by molar-refractivity contribution is -0.166. The van der Waals surface area contributed by atoms with Crippen molar-refractivity contribution in [1.82, 2.24) is 15.6 Å². The zero-order valence-corrected chi connectivity index (χ0v) is 25.4. The molecule has 3 aromatic carbocycles. The molecule has 0 spiro atoms. The van der Waals surface area contributed by atoms with Gasteiger partial charge in [-0.3, -0.25) is 24.2 Å². The fourth-order valence-corrected chi connectivity index (χ4v) is 5.59. The number of esters is 1. The van der Waals surface area contributed by atoms with Crippen molar-refractivity contribution in [1.29, 1.82) is 0 Å². The number of nitrogens with zero attached hydrogens (tertiary/aromatic N) is 3. The van der Waals surface area contributed by atoms with Crippen LogP contribution in [-0.2, 0) is 30.5 Å². The molecule has 1 aromatic heterocycles. The largest absolute Gasteiger partial charge is 0.433 e. The van der Waals surface area contributed by atoms with Gasteiger partial charge in [-0.1, -0.05) is 60.1 Å². The van der Waals surface area contributed by atoms with Crippen molar-refractivity contribution in [3.63, 3.8) is 0 Å². The van der Waals surface area contributed by atoms with Gasteiger partial charge >= 0.3 is 12.0 Å². The second kappa shape index (κ2) is 13.5. The molecule has 0 radical (unpaired) electrons. The summed E-state index contributed by atoms with van der Waals surface area (Å²) in [6.07, 6.45) is 0.0579. The third-order valence-electron chi connectivity index (χ3n) is 7.73. The summed E-state index contributed by atoms with van der Waals surface area (Å²) in [6.45, 7) is -1.25. The summed E-state index contributed by atoms with van der Waals surface area (Å²) in [5.41, 5.74) is 0.938. The summed E-state index contributed by atoms with van der Waals surface area (Å²) in [6, 6.07) is 18.4. The second-order valence-electron chi connectivity index (χ2n) is 10.8. The van der Waals surface area contributed by atoms with E-state index < -0.39 is 61.2 Å². The molecule has 6 rings (SSSR count). The van der Waals surface area contributed by atoms with E-state index in [0.29, 0.717) is 10.4 Å². The number of nitrogens with one attached hydrogen (secondary N) is 2. The summed E-state index contributed by atoms with van der Waals surface area (Å²) in [7, 11) is 0. The van der Waals surface area contributed by atoms with E-state index in [1.54, 1.807) is 66.7 Å². The number of benzene rings is 3.